The first-order chi connectivity index (χ1) is 7.25. The van der Waals surface area contributed by atoms with E-state index in [0.717, 1.165) is 16.8 Å². The number of pyridine rings is 1. The van der Waals surface area contributed by atoms with Gasteiger partial charge in [0, 0.05) is 19.1 Å². The molecular formula is C13H12NO+. The third-order valence-corrected chi connectivity index (χ3v) is 2.68. The quantitative estimate of drug-likeness (QED) is 0.508. The summed E-state index contributed by atoms with van der Waals surface area (Å²) in [5.41, 5.74) is 5.41. The first-order valence-corrected chi connectivity index (χ1v) is 5.06. The molecule has 0 bridgehead atoms. The highest BCUT2D eigenvalue weighted by Crippen LogP contribution is 2.16. The summed E-state index contributed by atoms with van der Waals surface area (Å²) in [5, 5.41) is 0. The van der Waals surface area contributed by atoms with Gasteiger partial charge in [-0.15, -0.1) is 4.40 Å². The highest BCUT2D eigenvalue weighted by atomic mass is 16.3. The summed E-state index contributed by atoms with van der Waals surface area (Å²) in [4.78, 5) is 0. The van der Waals surface area contributed by atoms with Crippen molar-refractivity contribution in [3.8, 4) is 0 Å². The van der Waals surface area contributed by atoms with Crippen LogP contribution in [0.15, 0.2) is 40.8 Å². The molecule has 0 fully saturated rings. The van der Waals surface area contributed by atoms with E-state index < -0.39 is 0 Å². The highest BCUT2D eigenvalue weighted by Gasteiger charge is 2.17. The number of fused-ring (bicyclic) bond motifs is 3. The average molecular weight is 198 g/mol. The van der Waals surface area contributed by atoms with Gasteiger partial charge in [-0.25, -0.2) is 0 Å². The number of oxazole rings is 1. The zero-order chi connectivity index (χ0) is 10.4. The lowest BCUT2D eigenvalue weighted by Crippen LogP contribution is -2.23. The molecule has 0 aliphatic carbocycles. The Balaban J connectivity index is 2.61. The van der Waals surface area contributed by atoms with Gasteiger partial charge in [-0.1, -0.05) is 12.1 Å². The second kappa shape index (κ2) is 2.83. The minimum atomic E-state index is 0.911. The second-order valence-electron chi connectivity index (χ2n) is 3.92. The third-order valence-electron chi connectivity index (χ3n) is 2.68. The van der Waals surface area contributed by atoms with Crippen LogP contribution in [0.2, 0.25) is 0 Å². The van der Waals surface area contributed by atoms with E-state index in [1.165, 1.54) is 11.3 Å². The van der Waals surface area contributed by atoms with E-state index in [-0.39, 0.29) is 0 Å². The number of nitrogens with zero attached hydrogens (tertiary/aromatic N) is 1. The number of rotatable bonds is 0. The van der Waals surface area contributed by atoms with E-state index in [0.29, 0.717) is 0 Å². The predicted molar refractivity (Wildman–Crippen MR) is 58.8 cm³/mol. The van der Waals surface area contributed by atoms with Gasteiger partial charge in [0.25, 0.3) is 5.52 Å². The van der Waals surface area contributed by atoms with E-state index in [9.17, 15) is 0 Å². The van der Waals surface area contributed by atoms with Crippen LogP contribution in [-0.4, -0.2) is 0 Å². The van der Waals surface area contributed by atoms with Crippen molar-refractivity contribution in [1.82, 2.24) is 0 Å². The van der Waals surface area contributed by atoms with Crippen molar-refractivity contribution < 1.29 is 8.82 Å². The zero-order valence-electron chi connectivity index (χ0n) is 8.82. The van der Waals surface area contributed by atoms with E-state index >= 15 is 0 Å². The van der Waals surface area contributed by atoms with Crippen LogP contribution in [0.3, 0.4) is 0 Å². The van der Waals surface area contributed by atoms with E-state index in [1.807, 2.05) is 18.2 Å². The molecule has 15 heavy (non-hydrogen) atoms. The van der Waals surface area contributed by atoms with Crippen LogP contribution in [0.25, 0.3) is 16.8 Å². The van der Waals surface area contributed by atoms with Crippen LogP contribution in [0, 0.1) is 13.8 Å². The summed E-state index contributed by atoms with van der Waals surface area (Å²) in [7, 11) is 0. The molecule has 0 saturated carbocycles. The molecule has 0 spiro atoms. The third kappa shape index (κ3) is 1.14. The molecule has 3 rings (SSSR count). The standard InChI is InChI=1S/C13H12NO/c1-9-7-10(2)14-11-5-3-4-6-12(11)15-13(14)8-9/h3-8H,1-2H3/q+1. The first-order valence-electron chi connectivity index (χ1n) is 5.06. The van der Waals surface area contributed by atoms with Crippen LogP contribution in [0.5, 0.6) is 0 Å². The van der Waals surface area contributed by atoms with Gasteiger partial charge in [-0.05, 0) is 18.6 Å². The van der Waals surface area contributed by atoms with Gasteiger partial charge in [0.05, 0.1) is 6.07 Å². The van der Waals surface area contributed by atoms with Gasteiger partial charge in [0.15, 0.2) is 5.69 Å². The summed E-state index contributed by atoms with van der Waals surface area (Å²) in [6.07, 6.45) is 0. The maximum atomic E-state index is 5.78. The summed E-state index contributed by atoms with van der Waals surface area (Å²) in [6.45, 7) is 4.18. The van der Waals surface area contributed by atoms with Crippen molar-refractivity contribution in [1.29, 1.82) is 0 Å². The molecule has 2 nitrogen and oxygen atoms in total. The van der Waals surface area contributed by atoms with Crippen molar-refractivity contribution in [3.05, 3.63) is 47.7 Å². The lowest BCUT2D eigenvalue weighted by Gasteiger charge is -1.90. The average Bonchev–Trinajstić information content (AvgIpc) is 2.54. The van der Waals surface area contributed by atoms with Crippen molar-refractivity contribution in [2.75, 3.05) is 0 Å². The number of benzene rings is 1. The molecule has 0 radical (unpaired) electrons. The number of hydrogen-bond donors (Lipinski definition) is 0. The SMILES string of the molecule is Cc1cc(C)[n+]2c(c1)oc1ccccc12. The molecule has 74 valence electrons. The van der Waals surface area contributed by atoms with Gasteiger partial charge in [-0.3, -0.25) is 0 Å². The Labute approximate surface area is 87.8 Å². The maximum Gasteiger partial charge on any atom is 0.380 e. The van der Waals surface area contributed by atoms with Gasteiger partial charge >= 0.3 is 5.71 Å². The molecule has 0 atom stereocenters. The Hall–Kier alpha value is -1.83. The molecule has 3 aromatic rings. The fourth-order valence-electron chi connectivity index (χ4n) is 2.09. The monoisotopic (exact) mass is 198 g/mol. The van der Waals surface area contributed by atoms with Crippen LogP contribution >= 0.6 is 0 Å². The largest absolute Gasteiger partial charge is 0.398 e. The predicted octanol–water partition coefficient (Wildman–Crippen LogP) is 2.79. The van der Waals surface area contributed by atoms with E-state index in [2.05, 4.69) is 36.4 Å². The molecule has 2 heteroatoms. The Morgan fingerprint density at radius 1 is 1.07 bits per heavy atom. The molecule has 0 amide bonds. The Morgan fingerprint density at radius 3 is 2.73 bits per heavy atom. The Kier molecular flexibility index (Phi) is 1.60. The molecule has 0 saturated heterocycles. The van der Waals surface area contributed by atoms with E-state index in [4.69, 9.17) is 4.42 Å². The van der Waals surface area contributed by atoms with Gasteiger partial charge < -0.3 is 4.42 Å². The molecule has 0 aliphatic rings. The highest BCUT2D eigenvalue weighted by molar-refractivity contribution is 5.70. The van der Waals surface area contributed by atoms with Crippen molar-refractivity contribution in [3.63, 3.8) is 0 Å². The topological polar surface area (TPSA) is 17.2 Å². The molecule has 0 unspecified atom stereocenters. The maximum absolute atomic E-state index is 5.78. The van der Waals surface area contributed by atoms with Crippen LogP contribution in [0.1, 0.15) is 11.3 Å². The normalized spacial score (nSPS) is 11.3. The van der Waals surface area contributed by atoms with Gasteiger partial charge in [0.1, 0.15) is 0 Å². The minimum Gasteiger partial charge on any atom is -0.398 e. The fraction of sp³-hybridized carbons (Fsp3) is 0.154. The van der Waals surface area contributed by atoms with Crippen molar-refractivity contribution >= 4 is 16.8 Å². The second-order valence-corrected chi connectivity index (χ2v) is 3.92. The molecule has 2 heterocycles. The summed E-state index contributed by atoms with van der Waals surface area (Å²) in [6, 6.07) is 12.3. The first kappa shape index (κ1) is 8.48. The van der Waals surface area contributed by atoms with Gasteiger partial charge in [-0.2, -0.15) is 0 Å². The molecule has 2 aromatic heterocycles. The number of aryl methyl sites for hydroxylation is 2. The molecular weight excluding hydrogens is 186 g/mol. The lowest BCUT2D eigenvalue weighted by molar-refractivity contribution is -0.493. The lowest BCUT2D eigenvalue weighted by atomic mass is 10.2. The zero-order valence-corrected chi connectivity index (χ0v) is 8.82. The summed E-state index contributed by atoms with van der Waals surface area (Å²) < 4.78 is 7.92. The van der Waals surface area contributed by atoms with Gasteiger partial charge in [0.2, 0.25) is 5.58 Å². The van der Waals surface area contributed by atoms with Crippen molar-refractivity contribution in [2.45, 2.75) is 13.8 Å². The molecule has 0 N–H and O–H groups in total. The van der Waals surface area contributed by atoms with Crippen LogP contribution < -0.4 is 4.40 Å². The Morgan fingerprint density at radius 2 is 1.87 bits per heavy atom. The fourth-order valence-corrected chi connectivity index (χ4v) is 2.09. The number of para-hydroxylation sites is 2. The van der Waals surface area contributed by atoms with E-state index in [1.54, 1.807) is 0 Å². The molecule has 0 aliphatic heterocycles. The van der Waals surface area contributed by atoms with Crippen molar-refractivity contribution in [2.24, 2.45) is 0 Å². The van der Waals surface area contributed by atoms with Crippen LogP contribution in [-0.2, 0) is 0 Å². The smallest absolute Gasteiger partial charge is 0.380 e. The molecule has 1 aromatic carbocycles. The number of hydrogen-bond acceptors (Lipinski definition) is 1. The Bertz CT molecular complexity index is 652. The van der Waals surface area contributed by atoms with Crippen LogP contribution in [0.4, 0.5) is 0 Å². The minimum absolute atomic E-state index is 0.911. The summed E-state index contributed by atoms with van der Waals surface area (Å²) >= 11 is 0. The summed E-state index contributed by atoms with van der Waals surface area (Å²) in [5.74, 6) is 0. The number of aromatic nitrogens is 1.